The van der Waals surface area contributed by atoms with Gasteiger partial charge in [-0.15, -0.1) is 0 Å². The molecule has 0 bridgehead atoms. The molecule has 1 aromatic carbocycles. The van der Waals surface area contributed by atoms with E-state index in [4.69, 9.17) is 4.74 Å². The van der Waals surface area contributed by atoms with Gasteiger partial charge in [-0.3, -0.25) is 4.79 Å². The zero-order chi connectivity index (χ0) is 14.8. The summed E-state index contributed by atoms with van der Waals surface area (Å²) in [5.41, 5.74) is 0.725. The van der Waals surface area contributed by atoms with Gasteiger partial charge in [-0.05, 0) is 38.0 Å². The number of rotatable bonds is 9. The molecule has 0 fully saturated rings. The summed E-state index contributed by atoms with van der Waals surface area (Å²) in [7, 11) is 0. The van der Waals surface area contributed by atoms with Crippen LogP contribution < -0.4 is 4.74 Å². The molecule has 0 aliphatic heterocycles. The highest BCUT2D eigenvalue weighted by atomic mass is 16.5. The molecule has 0 heterocycles. The molecule has 0 radical (unpaired) electrons. The smallest absolute Gasteiger partial charge is 0.253 e. The topological polar surface area (TPSA) is 29.5 Å². The maximum Gasteiger partial charge on any atom is 0.253 e. The molecule has 112 valence electrons. The van der Waals surface area contributed by atoms with E-state index in [1.807, 2.05) is 36.1 Å². The lowest BCUT2D eigenvalue weighted by Gasteiger charge is -2.22. The fourth-order valence-corrected chi connectivity index (χ4v) is 2.08. The van der Waals surface area contributed by atoms with Gasteiger partial charge in [-0.25, -0.2) is 0 Å². The Morgan fingerprint density at radius 3 is 2.30 bits per heavy atom. The van der Waals surface area contributed by atoms with Gasteiger partial charge >= 0.3 is 0 Å². The Hall–Kier alpha value is -1.51. The standard InChI is InChI=1S/C17H27NO2/c1-4-7-12-18(13-8-5-2)17(19)15-10-9-11-16(14-15)20-6-3/h9-11,14H,4-8,12-13H2,1-3H3. The van der Waals surface area contributed by atoms with Crippen LogP contribution in [0.4, 0.5) is 0 Å². The molecule has 0 aliphatic carbocycles. The molecular weight excluding hydrogens is 250 g/mol. The monoisotopic (exact) mass is 277 g/mol. The minimum Gasteiger partial charge on any atom is -0.494 e. The van der Waals surface area contributed by atoms with Crippen LogP contribution in [0.1, 0.15) is 56.8 Å². The number of ether oxygens (including phenoxy) is 1. The highest BCUT2D eigenvalue weighted by Gasteiger charge is 2.15. The summed E-state index contributed by atoms with van der Waals surface area (Å²) in [6.07, 6.45) is 4.32. The summed E-state index contributed by atoms with van der Waals surface area (Å²) < 4.78 is 5.47. The zero-order valence-corrected chi connectivity index (χ0v) is 13.0. The minimum atomic E-state index is 0.119. The number of carbonyl (C=O) groups is 1. The fourth-order valence-electron chi connectivity index (χ4n) is 2.08. The summed E-state index contributed by atoms with van der Waals surface area (Å²) in [4.78, 5) is 14.6. The molecule has 0 spiro atoms. The molecule has 3 nitrogen and oxygen atoms in total. The molecule has 1 rings (SSSR count). The van der Waals surface area contributed by atoms with Crippen molar-refractivity contribution in [3.63, 3.8) is 0 Å². The second-order valence-corrected chi connectivity index (χ2v) is 4.96. The molecule has 0 atom stereocenters. The predicted molar refractivity (Wildman–Crippen MR) is 83.3 cm³/mol. The second kappa shape index (κ2) is 9.40. The molecule has 0 aliphatic rings. The van der Waals surface area contributed by atoms with Gasteiger partial charge in [0.1, 0.15) is 5.75 Å². The van der Waals surface area contributed by atoms with Gasteiger partial charge < -0.3 is 9.64 Å². The Bertz CT molecular complexity index is 396. The lowest BCUT2D eigenvalue weighted by atomic mass is 10.1. The summed E-state index contributed by atoms with van der Waals surface area (Å²) in [5, 5.41) is 0. The van der Waals surface area contributed by atoms with Crippen molar-refractivity contribution in [2.75, 3.05) is 19.7 Å². The van der Waals surface area contributed by atoms with Crippen LogP contribution in [0.25, 0.3) is 0 Å². The van der Waals surface area contributed by atoms with Gasteiger partial charge in [0.2, 0.25) is 0 Å². The van der Waals surface area contributed by atoms with Gasteiger partial charge in [0, 0.05) is 18.7 Å². The predicted octanol–water partition coefficient (Wildman–Crippen LogP) is 4.13. The van der Waals surface area contributed by atoms with Crippen molar-refractivity contribution < 1.29 is 9.53 Å². The number of benzene rings is 1. The Kier molecular flexibility index (Phi) is 7.78. The fraction of sp³-hybridized carbons (Fsp3) is 0.588. The average molecular weight is 277 g/mol. The number of unbranched alkanes of at least 4 members (excludes halogenated alkanes) is 2. The molecule has 20 heavy (non-hydrogen) atoms. The maximum absolute atomic E-state index is 12.6. The number of amides is 1. The molecule has 1 amide bonds. The lowest BCUT2D eigenvalue weighted by molar-refractivity contribution is 0.0750. The number of hydrogen-bond donors (Lipinski definition) is 0. The first-order valence-electron chi connectivity index (χ1n) is 7.75. The largest absolute Gasteiger partial charge is 0.494 e. The third kappa shape index (κ3) is 5.24. The molecule has 0 N–H and O–H groups in total. The zero-order valence-electron chi connectivity index (χ0n) is 13.0. The van der Waals surface area contributed by atoms with Crippen molar-refractivity contribution in [1.82, 2.24) is 4.90 Å². The van der Waals surface area contributed by atoms with E-state index in [1.54, 1.807) is 0 Å². The van der Waals surface area contributed by atoms with Crippen molar-refractivity contribution in [3.8, 4) is 5.75 Å². The van der Waals surface area contributed by atoms with Crippen LogP contribution in [0.3, 0.4) is 0 Å². The average Bonchev–Trinajstić information content (AvgIpc) is 2.47. The van der Waals surface area contributed by atoms with Crippen LogP contribution in [0.15, 0.2) is 24.3 Å². The maximum atomic E-state index is 12.6. The Balaban J connectivity index is 2.78. The van der Waals surface area contributed by atoms with Crippen LogP contribution >= 0.6 is 0 Å². The van der Waals surface area contributed by atoms with Crippen molar-refractivity contribution in [2.24, 2.45) is 0 Å². The molecule has 1 aromatic rings. The van der Waals surface area contributed by atoms with E-state index in [0.717, 1.165) is 50.1 Å². The van der Waals surface area contributed by atoms with Gasteiger partial charge in [-0.1, -0.05) is 32.8 Å². The third-order valence-corrected chi connectivity index (χ3v) is 3.24. The van der Waals surface area contributed by atoms with E-state index in [-0.39, 0.29) is 5.91 Å². The number of nitrogens with zero attached hydrogens (tertiary/aromatic N) is 1. The summed E-state index contributed by atoms with van der Waals surface area (Å²) in [5.74, 6) is 0.887. The third-order valence-electron chi connectivity index (χ3n) is 3.24. The van der Waals surface area contributed by atoms with Crippen molar-refractivity contribution in [2.45, 2.75) is 46.5 Å². The Labute approximate surface area is 122 Å². The molecule has 3 heteroatoms. The van der Waals surface area contributed by atoms with Gasteiger partial charge in [-0.2, -0.15) is 0 Å². The molecular formula is C17H27NO2. The van der Waals surface area contributed by atoms with Crippen LogP contribution in [0.2, 0.25) is 0 Å². The van der Waals surface area contributed by atoms with Crippen LogP contribution in [-0.2, 0) is 0 Å². The molecule has 0 saturated carbocycles. The normalized spacial score (nSPS) is 10.3. The van der Waals surface area contributed by atoms with E-state index in [2.05, 4.69) is 13.8 Å². The van der Waals surface area contributed by atoms with E-state index < -0.39 is 0 Å². The highest BCUT2D eigenvalue weighted by Crippen LogP contribution is 2.15. The molecule has 0 aromatic heterocycles. The van der Waals surface area contributed by atoms with E-state index >= 15 is 0 Å². The molecule has 0 unspecified atom stereocenters. The summed E-state index contributed by atoms with van der Waals surface area (Å²) in [6, 6.07) is 7.49. The van der Waals surface area contributed by atoms with Crippen LogP contribution in [-0.4, -0.2) is 30.5 Å². The quantitative estimate of drug-likeness (QED) is 0.679. The number of carbonyl (C=O) groups excluding carboxylic acids is 1. The first-order chi connectivity index (χ1) is 9.72. The molecule has 0 saturated heterocycles. The SMILES string of the molecule is CCCCN(CCCC)C(=O)c1cccc(OCC)c1. The van der Waals surface area contributed by atoms with E-state index in [9.17, 15) is 4.79 Å². The van der Waals surface area contributed by atoms with Crippen LogP contribution in [0.5, 0.6) is 5.75 Å². The first-order valence-corrected chi connectivity index (χ1v) is 7.75. The second-order valence-electron chi connectivity index (χ2n) is 4.96. The van der Waals surface area contributed by atoms with Crippen molar-refractivity contribution >= 4 is 5.91 Å². The van der Waals surface area contributed by atoms with E-state index in [0.29, 0.717) is 6.61 Å². The van der Waals surface area contributed by atoms with Crippen molar-refractivity contribution in [3.05, 3.63) is 29.8 Å². The van der Waals surface area contributed by atoms with Gasteiger partial charge in [0.05, 0.1) is 6.61 Å². The Morgan fingerprint density at radius 1 is 1.10 bits per heavy atom. The van der Waals surface area contributed by atoms with Crippen LogP contribution in [0, 0.1) is 0 Å². The first kappa shape index (κ1) is 16.5. The van der Waals surface area contributed by atoms with Gasteiger partial charge in [0.25, 0.3) is 5.91 Å². The number of hydrogen-bond acceptors (Lipinski definition) is 2. The summed E-state index contributed by atoms with van der Waals surface area (Å²) in [6.45, 7) is 8.55. The minimum absolute atomic E-state index is 0.119. The van der Waals surface area contributed by atoms with Gasteiger partial charge in [0.15, 0.2) is 0 Å². The lowest BCUT2D eigenvalue weighted by Crippen LogP contribution is -2.32. The van der Waals surface area contributed by atoms with E-state index in [1.165, 1.54) is 0 Å². The highest BCUT2D eigenvalue weighted by molar-refractivity contribution is 5.94. The Morgan fingerprint density at radius 2 is 1.75 bits per heavy atom. The summed E-state index contributed by atoms with van der Waals surface area (Å²) >= 11 is 0. The van der Waals surface area contributed by atoms with Crippen molar-refractivity contribution in [1.29, 1.82) is 0 Å².